The average Bonchev–Trinajstić information content (AvgIpc) is 2.36. The van der Waals surface area contributed by atoms with Crippen molar-refractivity contribution >= 4 is 0 Å². The Morgan fingerprint density at radius 2 is 2.22 bits per heavy atom. The smallest absolute Gasteiger partial charge is 0.122 e. The van der Waals surface area contributed by atoms with Crippen molar-refractivity contribution in [2.75, 3.05) is 6.61 Å². The first-order chi connectivity index (χ1) is 8.67. The van der Waals surface area contributed by atoms with Crippen LogP contribution in [-0.2, 0) is 6.42 Å². The zero-order valence-electron chi connectivity index (χ0n) is 11.6. The normalized spacial score (nSPS) is 12.2. The molecular weight excluding hydrogens is 222 g/mol. The van der Waals surface area contributed by atoms with Crippen molar-refractivity contribution in [3.05, 3.63) is 42.0 Å². The second-order valence-corrected chi connectivity index (χ2v) is 4.76. The van der Waals surface area contributed by atoms with Crippen molar-refractivity contribution in [3.63, 3.8) is 0 Å². The lowest BCUT2D eigenvalue weighted by atomic mass is 10.0. The molecule has 0 saturated heterocycles. The Labute approximate surface area is 111 Å². The van der Waals surface area contributed by atoms with E-state index >= 15 is 0 Å². The third kappa shape index (κ3) is 4.92. The van der Waals surface area contributed by atoms with Crippen molar-refractivity contribution in [2.45, 2.75) is 45.6 Å². The summed E-state index contributed by atoms with van der Waals surface area (Å²) in [6, 6.07) is 6.53. The molecule has 2 nitrogen and oxygen atoms in total. The van der Waals surface area contributed by atoms with Crippen LogP contribution in [0.4, 0.5) is 0 Å². The number of unbranched alkanes of at least 4 members (excludes halogenated alkanes) is 1. The van der Waals surface area contributed by atoms with Crippen molar-refractivity contribution in [3.8, 4) is 5.75 Å². The molecule has 0 aliphatic rings. The molecule has 1 aromatic rings. The Morgan fingerprint density at radius 3 is 2.89 bits per heavy atom. The van der Waals surface area contributed by atoms with Crippen LogP contribution in [0.2, 0.25) is 0 Å². The molecule has 0 aliphatic carbocycles. The zero-order chi connectivity index (χ0) is 13.4. The predicted molar refractivity (Wildman–Crippen MR) is 78.1 cm³/mol. The molecule has 0 radical (unpaired) electrons. The number of ether oxygens (including phenoxy) is 1. The lowest BCUT2D eigenvalue weighted by Crippen LogP contribution is -2.21. The molecule has 1 atom stereocenters. The topological polar surface area (TPSA) is 35.2 Å². The number of rotatable bonds is 8. The molecule has 1 rings (SSSR count). The Bertz CT molecular complexity index is 373. The third-order valence-corrected chi connectivity index (χ3v) is 3.03. The Hall–Kier alpha value is -1.28. The summed E-state index contributed by atoms with van der Waals surface area (Å²) in [4.78, 5) is 0. The molecule has 2 heteroatoms. The monoisotopic (exact) mass is 247 g/mol. The standard InChI is InChI=1S/C16H25NO/c1-4-6-7-10-18-16-9-8-13(3)11-14(16)12-15(17)5-2/h4,8-9,11,15H,1,5-7,10,12,17H2,2-3H3. The van der Waals surface area contributed by atoms with E-state index in [0.717, 1.165) is 38.0 Å². The van der Waals surface area contributed by atoms with Crippen molar-refractivity contribution in [1.82, 2.24) is 0 Å². The molecular formula is C16H25NO. The van der Waals surface area contributed by atoms with E-state index in [1.807, 2.05) is 6.08 Å². The molecule has 0 heterocycles. The molecule has 0 fully saturated rings. The molecule has 0 bridgehead atoms. The number of hydrogen-bond acceptors (Lipinski definition) is 2. The van der Waals surface area contributed by atoms with E-state index in [9.17, 15) is 0 Å². The minimum atomic E-state index is 0.210. The summed E-state index contributed by atoms with van der Waals surface area (Å²) in [6.45, 7) is 8.67. The lowest BCUT2D eigenvalue weighted by molar-refractivity contribution is 0.308. The fourth-order valence-corrected chi connectivity index (χ4v) is 1.85. The van der Waals surface area contributed by atoms with E-state index in [4.69, 9.17) is 10.5 Å². The third-order valence-electron chi connectivity index (χ3n) is 3.03. The van der Waals surface area contributed by atoms with Gasteiger partial charge in [-0.25, -0.2) is 0 Å². The quantitative estimate of drug-likeness (QED) is 0.562. The summed E-state index contributed by atoms with van der Waals surface area (Å²) in [6.07, 6.45) is 5.80. The first kappa shape index (κ1) is 14.8. The molecule has 0 amide bonds. The summed E-state index contributed by atoms with van der Waals surface area (Å²) in [5.41, 5.74) is 8.51. The van der Waals surface area contributed by atoms with Gasteiger partial charge in [-0.15, -0.1) is 6.58 Å². The van der Waals surface area contributed by atoms with Crippen LogP contribution in [0.3, 0.4) is 0 Å². The highest BCUT2D eigenvalue weighted by Gasteiger charge is 2.08. The Morgan fingerprint density at radius 1 is 1.44 bits per heavy atom. The number of allylic oxidation sites excluding steroid dienone is 1. The highest BCUT2D eigenvalue weighted by atomic mass is 16.5. The fraction of sp³-hybridized carbons (Fsp3) is 0.500. The molecule has 0 aromatic heterocycles. The highest BCUT2D eigenvalue weighted by molar-refractivity contribution is 5.37. The van der Waals surface area contributed by atoms with Gasteiger partial charge in [-0.3, -0.25) is 0 Å². The second kappa shape index (κ2) is 7.93. The lowest BCUT2D eigenvalue weighted by Gasteiger charge is -2.15. The van der Waals surface area contributed by atoms with Crippen LogP contribution in [0.15, 0.2) is 30.9 Å². The van der Waals surface area contributed by atoms with Crippen LogP contribution in [0.5, 0.6) is 5.75 Å². The van der Waals surface area contributed by atoms with E-state index in [-0.39, 0.29) is 6.04 Å². The van der Waals surface area contributed by atoms with Gasteiger partial charge in [0.05, 0.1) is 6.61 Å². The van der Waals surface area contributed by atoms with Gasteiger partial charge < -0.3 is 10.5 Å². The van der Waals surface area contributed by atoms with Crippen LogP contribution in [0.25, 0.3) is 0 Å². The van der Waals surface area contributed by atoms with Crippen LogP contribution in [0, 0.1) is 6.92 Å². The maximum absolute atomic E-state index is 6.03. The summed E-state index contributed by atoms with van der Waals surface area (Å²) in [5, 5.41) is 0. The fourth-order valence-electron chi connectivity index (χ4n) is 1.85. The summed E-state index contributed by atoms with van der Waals surface area (Å²) < 4.78 is 5.84. The maximum atomic E-state index is 6.03. The molecule has 0 spiro atoms. The molecule has 100 valence electrons. The van der Waals surface area contributed by atoms with E-state index < -0.39 is 0 Å². The molecule has 0 saturated carbocycles. The summed E-state index contributed by atoms with van der Waals surface area (Å²) in [7, 11) is 0. The van der Waals surface area contributed by atoms with Gasteiger partial charge >= 0.3 is 0 Å². The van der Waals surface area contributed by atoms with Gasteiger partial charge in [0.15, 0.2) is 0 Å². The molecule has 1 aromatic carbocycles. The molecule has 18 heavy (non-hydrogen) atoms. The van der Waals surface area contributed by atoms with Crippen molar-refractivity contribution < 1.29 is 4.74 Å². The summed E-state index contributed by atoms with van der Waals surface area (Å²) >= 11 is 0. The van der Waals surface area contributed by atoms with Crippen LogP contribution in [-0.4, -0.2) is 12.6 Å². The van der Waals surface area contributed by atoms with E-state index in [0.29, 0.717) is 0 Å². The minimum Gasteiger partial charge on any atom is -0.493 e. The van der Waals surface area contributed by atoms with Gasteiger partial charge in [0, 0.05) is 6.04 Å². The van der Waals surface area contributed by atoms with Crippen LogP contribution in [0.1, 0.15) is 37.3 Å². The minimum absolute atomic E-state index is 0.210. The highest BCUT2D eigenvalue weighted by Crippen LogP contribution is 2.22. The van der Waals surface area contributed by atoms with Crippen molar-refractivity contribution in [2.24, 2.45) is 5.73 Å². The van der Waals surface area contributed by atoms with E-state index in [2.05, 4.69) is 38.6 Å². The van der Waals surface area contributed by atoms with Gasteiger partial charge in [0.1, 0.15) is 5.75 Å². The van der Waals surface area contributed by atoms with Gasteiger partial charge in [-0.05, 0) is 44.2 Å². The number of hydrogen-bond donors (Lipinski definition) is 1. The van der Waals surface area contributed by atoms with E-state index in [1.54, 1.807) is 0 Å². The molecule has 2 N–H and O–H groups in total. The SMILES string of the molecule is C=CCCCOc1ccc(C)cc1CC(N)CC. The van der Waals surface area contributed by atoms with Gasteiger partial charge in [0.25, 0.3) is 0 Å². The molecule has 0 aliphatic heterocycles. The Kier molecular flexibility index (Phi) is 6.51. The van der Waals surface area contributed by atoms with Crippen LogP contribution < -0.4 is 10.5 Å². The summed E-state index contributed by atoms with van der Waals surface area (Å²) in [5.74, 6) is 0.980. The number of nitrogens with two attached hydrogens (primary N) is 1. The predicted octanol–water partition coefficient (Wildman–Crippen LogP) is 3.62. The zero-order valence-corrected chi connectivity index (χ0v) is 11.6. The molecule has 1 unspecified atom stereocenters. The second-order valence-electron chi connectivity index (χ2n) is 4.76. The number of aryl methyl sites for hydroxylation is 1. The number of benzene rings is 1. The van der Waals surface area contributed by atoms with Gasteiger partial charge in [-0.2, -0.15) is 0 Å². The van der Waals surface area contributed by atoms with Crippen molar-refractivity contribution in [1.29, 1.82) is 0 Å². The van der Waals surface area contributed by atoms with Gasteiger partial charge in [0.2, 0.25) is 0 Å². The largest absolute Gasteiger partial charge is 0.493 e. The average molecular weight is 247 g/mol. The van der Waals surface area contributed by atoms with Gasteiger partial charge in [-0.1, -0.05) is 30.7 Å². The first-order valence-corrected chi connectivity index (χ1v) is 6.76. The van der Waals surface area contributed by atoms with Crippen LogP contribution >= 0.6 is 0 Å². The van der Waals surface area contributed by atoms with E-state index in [1.165, 1.54) is 11.1 Å². The Balaban J connectivity index is 2.66. The first-order valence-electron chi connectivity index (χ1n) is 6.76. The maximum Gasteiger partial charge on any atom is 0.122 e.